The predicted molar refractivity (Wildman–Crippen MR) is 92.5 cm³/mol. The number of carboxylic acid groups (broad SMARTS) is 1. The van der Waals surface area contributed by atoms with Crippen molar-refractivity contribution < 1.29 is 19.4 Å². The third-order valence-corrected chi connectivity index (χ3v) is 4.41. The molecule has 1 atom stereocenters. The van der Waals surface area contributed by atoms with Crippen LogP contribution in [0.3, 0.4) is 0 Å². The van der Waals surface area contributed by atoms with Crippen LogP contribution in [0.2, 0.25) is 0 Å². The number of rotatable bonds is 6. The number of hydrogen-bond acceptors (Lipinski definition) is 4. The van der Waals surface area contributed by atoms with Gasteiger partial charge in [-0.1, -0.05) is 12.8 Å². The number of benzene rings is 1. The van der Waals surface area contributed by atoms with Crippen molar-refractivity contribution in [3.8, 4) is 11.5 Å². The smallest absolute Gasteiger partial charge is 0.316 e. The number of aromatic nitrogens is 1. The van der Waals surface area contributed by atoms with Gasteiger partial charge in [0.05, 0.1) is 6.20 Å². The van der Waals surface area contributed by atoms with Crippen LogP contribution in [0, 0.1) is 11.8 Å². The van der Waals surface area contributed by atoms with Crippen LogP contribution in [0.5, 0.6) is 11.5 Å². The van der Waals surface area contributed by atoms with Crippen LogP contribution in [0.25, 0.3) is 0 Å². The third kappa shape index (κ3) is 4.35. The number of carbonyl (C=O) groups is 2. The summed E-state index contributed by atoms with van der Waals surface area (Å²) in [6, 6.07) is 10.4. The lowest BCUT2D eigenvalue weighted by Gasteiger charge is -2.18. The van der Waals surface area contributed by atoms with Crippen LogP contribution < -0.4 is 10.1 Å². The van der Waals surface area contributed by atoms with Gasteiger partial charge in [-0.15, -0.1) is 0 Å². The van der Waals surface area contributed by atoms with Gasteiger partial charge in [0.25, 0.3) is 0 Å². The highest BCUT2D eigenvalue weighted by molar-refractivity contribution is 6.04. The van der Waals surface area contributed by atoms with Crippen molar-refractivity contribution in [2.75, 3.05) is 5.32 Å². The molecule has 1 heterocycles. The fourth-order valence-electron chi connectivity index (χ4n) is 3.19. The lowest BCUT2D eigenvalue weighted by atomic mass is 9.90. The summed E-state index contributed by atoms with van der Waals surface area (Å²) in [5.74, 6) is -1.36. The van der Waals surface area contributed by atoms with E-state index in [9.17, 15) is 14.7 Å². The lowest BCUT2D eigenvalue weighted by Crippen LogP contribution is -2.34. The molecule has 130 valence electrons. The Morgan fingerprint density at radius 3 is 2.44 bits per heavy atom. The van der Waals surface area contributed by atoms with Gasteiger partial charge in [0.1, 0.15) is 17.4 Å². The molecule has 6 nitrogen and oxygen atoms in total. The summed E-state index contributed by atoms with van der Waals surface area (Å²) < 4.78 is 5.64. The summed E-state index contributed by atoms with van der Waals surface area (Å²) in [5.41, 5.74) is 0.549. The normalized spacial score (nSPS) is 15.5. The first kappa shape index (κ1) is 17.0. The zero-order chi connectivity index (χ0) is 17.6. The molecule has 1 unspecified atom stereocenters. The van der Waals surface area contributed by atoms with Crippen molar-refractivity contribution in [3.63, 3.8) is 0 Å². The number of hydrogen-bond donors (Lipinski definition) is 2. The minimum atomic E-state index is -1.05. The van der Waals surface area contributed by atoms with Crippen molar-refractivity contribution in [1.29, 1.82) is 0 Å². The van der Waals surface area contributed by atoms with Crippen LogP contribution in [-0.4, -0.2) is 22.0 Å². The molecule has 2 aromatic rings. The van der Waals surface area contributed by atoms with Crippen molar-refractivity contribution in [3.05, 3.63) is 48.8 Å². The number of carboxylic acids is 1. The molecule has 0 aliphatic heterocycles. The first-order chi connectivity index (χ1) is 12.1. The largest absolute Gasteiger partial charge is 0.481 e. The maximum absolute atomic E-state index is 12.4. The number of aliphatic carboxylic acids is 1. The average molecular weight is 340 g/mol. The molecule has 1 aliphatic rings. The monoisotopic (exact) mass is 340 g/mol. The highest BCUT2D eigenvalue weighted by atomic mass is 16.5. The molecule has 1 saturated carbocycles. The highest BCUT2D eigenvalue weighted by Crippen LogP contribution is 2.32. The van der Waals surface area contributed by atoms with Crippen molar-refractivity contribution >= 4 is 17.6 Å². The zero-order valence-corrected chi connectivity index (χ0v) is 13.7. The summed E-state index contributed by atoms with van der Waals surface area (Å²) in [7, 11) is 0. The first-order valence-corrected chi connectivity index (χ1v) is 8.35. The van der Waals surface area contributed by atoms with E-state index in [1.807, 2.05) is 0 Å². The van der Waals surface area contributed by atoms with Crippen molar-refractivity contribution in [2.45, 2.75) is 25.7 Å². The second kappa shape index (κ2) is 7.79. The van der Waals surface area contributed by atoms with E-state index in [0.29, 0.717) is 17.2 Å². The topological polar surface area (TPSA) is 88.5 Å². The van der Waals surface area contributed by atoms with E-state index >= 15 is 0 Å². The molecular formula is C19H20N2O4. The Hall–Kier alpha value is -2.89. The Bertz CT molecular complexity index is 725. The molecule has 0 saturated heterocycles. The number of anilines is 1. The highest BCUT2D eigenvalue weighted by Gasteiger charge is 2.36. The van der Waals surface area contributed by atoms with E-state index in [1.54, 1.807) is 48.8 Å². The van der Waals surface area contributed by atoms with Gasteiger partial charge in [-0.25, -0.2) is 0 Å². The molecule has 1 aromatic carbocycles. The summed E-state index contributed by atoms with van der Waals surface area (Å²) in [6.45, 7) is 0. The molecule has 2 N–H and O–H groups in total. The maximum Gasteiger partial charge on any atom is 0.316 e. The van der Waals surface area contributed by atoms with Gasteiger partial charge in [0, 0.05) is 11.9 Å². The number of amides is 1. The lowest BCUT2D eigenvalue weighted by molar-refractivity contribution is -0.147. The van der Waals surface area contributed by atoms with Gasteiger partial charge in [0.2, 0.25) is 5.91 Å². The summed E-state index contributed by atoms with van der Waals surface area (Å²) in [5, 5.41) is 12.1. The quantitative estimate of drug-likeness (QED) is 0.783. The van der Waals surface area contributed by atoms with Gasteiger partial charge in [-0.2, -0.15) is 0 Å². The second-order valence-electron chi connectivity index (χ2n) is 6.16. The van der Waals surface area contributed by atoms with Crippen LogP contribution >= 0.6 is 0 Å². The van der Waals surface area contributed by atoms with Crippen LogP contribution in [0.1, 0.15) is 25.7 Å². The number of nitrogens with zero attached hydrogens (tertiary/aromatic N) is 1. The molecule has 0 radical (unpaired) electrons. The number of pyridine rings is 1. The Morgan fingerprint density at radius 1 is 1.12 bits per heavy atom. The minimum absolute atomic E-state index is 0.0781. The summed E-state index contributed by atoms with van der Waals surface area (Å²) in [4.78, 5) is 27.8. The average Bonchev–Trinajstić information content (AvgIpc) is 3.11. The number of carbonyl (C=O) groups excluding carboxylic acids is 1. The van der Waals surface area contributed by atoms with E-state index < -0.39 is 17.8 Å². The van der Waals surface area contributed by atoms with Crippen molar-refractivity contribution in [2.24, 2.45) is 11.8 Å². The Kier molecular flexibility index (Phi) is 5.28. The Labute approximate surface area is 145 Å². The Balaban J connectivity index is 1.63. The zero-order valence-electron chi connectivity index (χ0n) is 13.7. The first-order valence-electron chi connectivity index (χ1n) is 8.35. The van der Waals surface area contributed by atoms with Gasteiger partial charge < -0.3 is 15.2 Å². The molecular weight excluding hydrogens is 320 g/mol. The van der Waals surface area contributed by atoms with E-state index in [1.165, 1.54) is 0 Å². The maximum atomic E-state index is 12.4. The second-order valence-corrected chi connectivity index (χ2v) is 6.16. The molecule has 1 fully saturated rings. The molecule has 0 bridgehead atoms. The van der Waals surface area contributed by atoms with Crippen LogP contribution in [0.4, 0.5) is 5.69 Å². The van der Waals surface area contributed by atoms with Gasteiger partial charge in [0.15, 0.2) is 0 Å². The molecule has 1 aromatic heterocycles. The number of ether oxygens (including phenoxy) is 1. The van der Waals surface area contributed by atoms with E-state index in [0.717, 1.165) is 25.7 Å². The predicted octanol–water partition coefficient (Wildman–Crippen LogP) is 3.70. The van der Waals surface area contributed by atoms with Gasteiger partial charge in [-0.05, 0) is 55.2 Å². The fourth-order valence-corrected chi connectivity index (χ4v) is 3.19. The SMILES string of the molecule is O=C(O)C(C(=O)Nc1ccc(Oc2cccnc2)cc1)C1CCCC1. The van der Waals surface area contributed by atoms with Crippen molar-refractivity contribution in [1.82, 2.24) is 4.98 Å². The third-order valence-electron chi connectivity index (χ3n) is 4.41. The Morgan fingerprint density at radius 2 is 1.84 bits per heavy atom. The van der Waals surface area contributed by atoms with E-state index in [-0.39, 0.29) is 5.92 Å². The van der Waals surface area contributed by atoms with Gasteiger partial charge in [-0.3, -0.25) is 14.6 Å². The molecule has 3 rings (SSSR count). The van der Waals surface area contributed by atoms with E-state index in [4.69, 9.17) is 4.74 Å². The van der Waals surface area contributed by atoms with E-state index in [2.05, 4.69) is 10.3 Å². The molecule has 25 heavy (non-hydrogen) atoms. The molecule has 0 spiro atoms. The fraction of sp³-hybridized carbons (Fsp3) is 0.316. The molecule has 6 heteroatoms. The van der Waals surface area contributed by atoms with Crippen LogP contribution in [0.15, 0.2) is 48.8 Å². The molecule has 1 amide bonds. The standard InChI is InChI=1S/C19H20N2O4/c22-18(17(19(23)24)13-4-1-2-5-13)21-14-7-9-15(10-8-14)25-16-6-3-11-20-12-16/h3,6-13,17H,1-2,4-5H2,(H,21,22)(H,23,24). The van der Waals surface area contributed by atoms with Gasteiger partial charge >= 0.3 is 5.97 Å². The number of nitrogens with one attached hydrogen (secondary N) is 1. The molecule has 1 aliphatic carbocycles. The summed E-state index contributed by atoms with van der Waals surface area (Å²) in [6.07, 6.45) is 6.83. The summed E-state index contributed by atoms with van der Waals surface area (Å²) >= 11 is 0. The minimum Gasteiger partial charge on any atom is -0.481 e. The van der Waals surface area contributed by atoms with Crippen LogP contribution in [-0.2, 0) is 9.59 Å².